The van der Waals surface area contributed by atoms with Crippen molar-refractivity contribution in [1.82, 2.24) is 20.3 Å². The molecule has 21 heavy (non-hydrogen) atoms. The van der Waals surface area contributed by atoms with Crippen LogP contribution in [0.4, 0.5) is 0 Å². The molecule has 0 aliphatic rings. The van der Waals surface area contributed by atoms with Crippen LogP contribution in [0, 0.1) is 0 Å². The van der Waals surface area contributed by atoms with Crippen molar-refractivity contribution >= 4 is 11.7 Å². The third kappa shape index (κ3) is 3.78. The molecular weight excluding hydrogens is 272 g/mol. The predicted molar refractivity (Wildman–Crippen MR) is 75.6 cm³/mol. The molecule has 0 aliphatic heterocycles. The van der Waals surface area contributed by atoms with Gasteiger partial charge in [0.15, 0.2) is 5.84 Å². The number of nitrogens with two attached hydrogens (primary N) is 1. The fourth-order valence-corrected chi connectivity index (χ4v) is 1.91. The summed E-state index contributed by atoms with van der Waals surface area (Å²) in [6.07, 6.45) is 3.26. The van der Waals surface area contributed by atoms with Crippen molar-refractivity contribution in [2.75, 3.05) is 6.54 Å². The van der Waals surface area contributed by atoms with Crippen molar-refractivity contribution in [2.45, 2.75) is 12.5 Å². The number of aromatic nitrogens is 3. The summed E-state index contributed by atoms with van der Waals surface area (Å²) >= 11 is 0. The third-order valence-corrected chi connectivity index (χ3v) is 2.92. The number of oxime groups is 1. The van der Waals surface area contributed by atoms with Crippen LogP contribution < -0.4 is 11.1 Å². The molecule has 1 aromatic heterocycles. The Morgan fingerprint density at radius 3 is 2.81 bits per heavy atom. The Morgan fingerprint density at radius 1 is 1.43 bits per heavy atom. The van der Waals surface area contributed by atoms with Crippen molar-refractivity contribution in [1.29, 1.82) is 0 Å². The lowest BCUT2D eigenvalue weighted by molar-refractivity contribution is -0.121. The van der Waals surface area contributed by atoms with Crippen LogP contribution in [0.2, 0.25) is 0 Å². The molecule has 0 spiro atoms. The molecule has 8 nitrogen and oxygen atoms in total. The van der Waals surface area contributed by atoms with Gasteiger partial charge in [0, 0.05) is 12.7 Å². The van der Waals surface area contributed by atoms with E-state index in [1.165, 1.54) is 0 Å². The van der Waals surface area contributed by atoms with Crippen molar-refractivity contribution in [3.8, 4) is 0 Å². The van der Waals surface area contributed by atoms with Gasteiger partial charge in [-0.25, -0.2) is 0 Å². The van der Waals surface area contributed by atoms with Gasteiger partial charge in [0.2, 0.25) is 5.91 Å². The molecule has 1 aromatic carbocycles. The van der Waals surface area contributed by atoms with Crippen LogP contribution in [-0.2, 0) is 11.3 Å². The van der Waals surface area contributed by atoms with Crippen molar-refractivity contribution in [2.24, 2.45) is 10.9 Å². The lowest BCUT2D eigenvalue weighted by Gasteiger charge is -2.15. The topological polar surface area (TPSA) is 118 Å². The van der Waals surface area contributed by atoms with Crippen LogP contribution >= 0.6 is 0 Å². The molecule has 1 atom stereocenters. The number of carbonyl (C=O) groups excluding carboxylic acids is 1. The molecule has 0 fully saturated rings. The first kappa shape index (κ1) is 14.5. The first-order chi connectivity index (χ1) is 10.2. The molecule has 0 aliphatic carbocycles. The van der Waals surface area contributed by atoms with Crippen LogP contribution in [0.15, 0.2) is 47.9 Å². The molecule has 0 radical (unpaired) electrons. The molecule has 1 unspecified atom stereocenters. The molecule has 1 amide bonds. The fraction of sp³-hybridized carbons (Fsp3) is 0.231. The number of carbonyl (C=O) groups is 1. The minimum Gasteiger partial charge on any atom is -0.409 e. The first-order valence-corrected chi connectivity index (χ1v) is 6.36. The van der Waals surface area contributed by atoms with Crippen LogP contribution in [0.5, 0.6) is 0 Å². The van der Waals surface area contributed by atoms with E-state index in [1.54, 1.807) is 41.3 Å². The summed E-state index contributed by atoms with van der Waals surface area (Å²) in [7, 11) is 0. The minimum absolute atomic E-state index is 0.153. The van der Waals surface area contributed by atoms with Gasteiger partial charge in [-0.2, -0.15) is 0 Å². The van der Waals surface area contributed by atoms with Crippen molar-refractivity contribution < 1.29 is 10.0 Å². The van der Waals surface area contributed by atoms with E-state index in [2.05, 4.69) is 20.8 Å². The van der Waals surface area contributed by atoms with Gasteiger partial charge in [0.05, 0.1) is 12.7 Å². The number of amidine groups is 1. The Kier molecular flexibility index (Phi) is 4.86. The maximum Gasteiger partial charge on any atom is 0.235 e. The Bertz CT molecular complexity index is 596. The zero-order chi connectivity index (χ0) is 15.1. The highest BCUT2D eigenvalue weighted by molar-refractivity contribution is 6.07. The average Bonchev–Trinajstić information content (AvgIpc) is 3.01. The Morgan fingerprint density at radius 2 is 2.19 bits per heavy atom. The highest BCUT2D eigenvalue weighted by Gasteiger charge is 2.24. The summed E-state index contributed by atoms with van der Waals surface area (Å²) in [4.78, 5) is 12.2. The van der Waals surface area contributed by atoms with E-state index < -0.39 is 5.92 Å². The fourth-order valence-electron chi connectivity index (χ4n) is 1.91. The predicted octanol–water partition coefficient (Wildman–Crippen LogP) is -0.0755. The standard InChI is InChI=1S/C13H16N6O2/c14-12(17-21)11(10-4-2-1-3-5-10)13(20)15-6-8-19-9-7-16-18-19/h1-5,7,9,11,21H,6,8H2,(H2,14,17)(H,15,20). The van der Waals surface area contributed by atoms with E-state index in [0.29, 0.717) is 18.7 Å². The largest absolute Gasteiger partial charge is 0.409 e. The summed E-state index contributed by atoms with van der Waals surface area (Å²) in [5.41, 5.74) is 6.29. The Balaban J connectivity index is 2.01. The van der Waals surface area contributed by atoms with Gasteiger partial charge >= 0.3 is 0 Å². The van der Waals surface area contributed by atoms with Gasteiger partial charge in [-0.3, -0.25) is 9.48 Å². The lowest BCUT2D eigenvalue weighted by atomic mass is 9.97. The second-order valence-electron chi connectivity index (χ2n) is 4.33. The van der Waals surface area contributed by atoms with E-state index in [1.807, 2.05) is 6.07 Å². The number of hydrogen-bond donors (Lipinski definition) is 3. The molecule has 110 valence electrons. The molecule has 0 bridgehead atoms. The van der Waals surface area contributed by atoms with Crippen LogP contribution in [0.25, 0.3) is 0 Å². The Labute approximate surface area is 121 Å². The van der Waals surface area contributed by atoms with Gasteiger partial charge in [0.25, 0.3) is 0 Å². The van der Waals surface area contributed by atoms with Gasteiger partial charge < -0.3 is 16.3 Å². The first-order valence-electron chi connectivity index (χ1n) is 6.36. The summed E-state index contributed by atoms with van der Waals surface area (Å²) in [5.74, 6) is -1.32. The molecule has 8 heteroatoms. The average molecular weight is 288 g/mol. The SMILES string of the molecule is N/C(=N/O)C(C(=O)NCCn1ccnn1)c1ccccc1. The molecule has 4 N–H and O–H groups in total. The van der Waals surface area contributed by atoms with Gasteiger partial charge in [-0.1, -0.05) is 40.7 Å². The monoisotopic (exact) mass is 288 g/mol. The van der Waals surface area contributed by atoms with E-state index in [-0.39, 0.29) is 11.7 Å². The summed E-state index contributed by atoms with van der Waals surface area (Å²) < 4.78 is 1.60. The van der Waals surface area contributed by atoms with Gasteiger partial charge in [-0.15, -0.1) is 5.10 Å². The molecule has 2 rings (SSSR count). The highest BCUT2D eigenvalue weighted by Crippen LogP contribution is 2.15. The van der Waals surface area contributed by atoms with Crippen molar-refractivity contribution in [3.05, 3.63) is 48.3 Å². The van der Waals surface area contributed by atoms with E-state index in [4.69, 9.17) is 10.9 Å². The number of nitrogens with one attached hydrogen (secondary N) is 1. The number of nitrogens with zero attached hydrogens (tertiary/aromatic N) is 4. The normalized spacial score (nSPS) is 12.9. The van der Waals surface area contributed by atoms with E-state index in [9.17, 15) is 4.79 Å². The molecule has 0 saturated carbocycles. The summed E-state index contributed by atoms with van der Waals surface area (Å²) in [6.45, 7) is 0.855. The number of benzene rings is 1. The van der Waals surface area contributed by atoms with Crippen molar-refractivity contribution in [3.63, 3.8) is 0 Å². The second kappa shape index (κ2) is 7.04. The Hall–Kier alpha value is -2.90. The lowest BCUT2D eigenvalue weighted by Crippen LogP contribution is -2.38. The van der Waals surface area contributed by atoms with Crippen LogP contribution in [0.3, 0.4) is 0 Å². The second-order valence-corrected chi connectivity index (χ2v) is 4.33. The summed E-state index contributed by atoms with van der Waals surface area (Å²) in [5, 5.41) is 22.0. The third-order valence-electron chi connectivity index (χ3n) is 2.92. The number of rotatable bonds is 6. The van der Waals surface area contributed by atoms with Gasteiger partial charge in [-0.05, 0) is 5.56 Å². The zero-order valence-electron chi connectivity index (χ0n) is 11.3. The molecule has 0 saturated heterocycles. The van der Waals surface area contributed by atoms with E-state index in [0.717, 1.165) is 0 Å². The molecule has 1 heterocycles. The molecule has 2 aromatic rings. The number of amides is 1. The number of hydrogen-bond acceptors (Lipinski definition) is 5. The maximum absolute atomic E-state index is 12.2. The maximum atomic E-state index is 12.2. The minimum atomic E-state index is -0.827. The van der Waals surface area contributed by atoms with Crippen LogP contribution in [-0.4, -0.2) is 38.5 Å². The zero-order valence-corrected chi connectivity index (χ0v) is 11.3. The smallest absolute Gasteiger partial charge is 0.235 e. The quantitative estimate of drug-likeness (QED) is 0.297. The molecular formula is C13H16N6O2. The summed E-state index contributed by atoms with van der Waals surface area (Å²) in [6, 6.07) is 8.90. The van der Waals surface area contributed by atoms with E-state index >= 15 is 0 Å². The van der Waals surface area contributed by atoms with Gasteiger partial charge in [0.1, 0.15) is 5.92 Å². The highest BCUT2D eigenvalue weighted by atomic mass is 16.4. The van der Waals surface area contributed by atoms with Crippen LogP contribution in [0.1, 0.15) is 11.5 Å².